The zero-order chi connectivity index (χ0) is 19.2. The van der Waals surface area contributed by atoms with E-state index in [0.29, 0.717) is 24.3 Å². The highest BCUT2D eigenvalue weighted by atomic mass is 32.1. The Balaban J connectivity index is 1.63. The molecule has 0 spiro atoms. The molecule has 3 rings (SSSR count). The summed E-state index contributed by atoms with van der Waals surface area (Å²) in [6.45, 7) is 2.91. The number of hydrogen-bond donors (Lipinski definition) is 2. The van der Waals surface area contributed by atoms with Crippen molar-refractivity contribution in [1.82, 2.24) is 20.1 Å². The second kappa shape index (κ2) is 8.64. The number of carbonyl (C=O) groups excluding carboxylic acids is 1. The number of methoxy groups -OCH3 is 1. The Hall–Kier alpha value is -2.93. The van der Waals surface area contributed by atoms with Crippen LogP contribution in [0.1, 0.15) is 17.5 Å². The van der Waals surface area contributed by atoms with E-state index in [1.807, 2.05) is 60.0 Å². The maximum atomic E-state index is 12.3. The molecule has 0 saturated heterocycles. The van der Waals surface area contributed by atoms with Gasteiger partial charge in [0.2, 0.25) is 5.91 Å². The SMILES string of the molecule is COc1ccccc1CNC(=O)CCn1c(-c2ccc(C)cc2)n[nH]c1=S. The minimum Gasteiger partial charge on any atom is -0.496 e. The maximum absolute atomic E-state index is 12.3. The number of ether oxygens (including phenoxy) is 1. The van der Waals surface area contributed by atoms with Gasteiger partial charge in [0.05, 0.1) is 7.11 Å². The third-order valence-electron chi connectivity index (χ3n) is 4.30. The van der Waals surface area contributed by atoms with Crippen molar-refractivity contribution in [3.63, 3.8) is 0 Å². The number of aromatic nitrogens is 3. The van der Waals surface area contributed by atoms with Crippen LogP contribution in [0.3, 0.4) is 0 Å². The molecule has 0 saturated carbocycles. The van der Waals surface area contributed by atoms with Gasteiger partial charge in [-0.3, -0.25) is 14.5 Å². The number of nitrogens with zero attached hydrogens (tertiary/aromatic N) is 2. The van der Waals surface area contributed by atoms with Gasteiger partial charge in [-0.05, 0) is 25.2 Å². The zero-order valence-corrected chi connectivity index (χ0v) is 16.2. The van der Waals surface area contributed by atoms with Crippen LogP contribution in [-0.4, -0.2) is 27.8 Å². The fourth-order valence-electron chi connectivity index (χ4n) is 2.79. The van der Waals surface area contributed by atoms with Crippen molar-refractivity contribution in [3.8, 4) is 17.1 Å². The van der Waals surface area contributed by atoms with Crippen LogP contribution < -0.4 is 10.1 Å². The van der Waals surface area contributed by atoms with E-state index in [4.69, 9.17) is 17.0 Å². The quantitative estimate of drug-likeness (QED) is 0.612. The molecule has 0 fully saturated rings. The van der Waals surface area contributed by atoms with Crippen LogP contribution in [0.4, 0.5) is 0 Å². The number of nitrogens with one attached hydrogen (secondary N) is 2. The van der Waals surface area contributed by atoms with Gasteiger partial charge in [0.25, 0.3) is 0 Å². The van der Waals surface area contributed by atoms with E-state index in [1.165, 1.54) is 5.56 Å². The van der Waals surface area contributed by atoms with Gasteiger partial charge < -0.3 is 10.1 Å². The lowest BCUT2D eigenvalue weighted by Gasteiger charge is -2.10. The molecule has 0 aliphatic rings. The van der Waals surface area contributed by atoms with Crippen LogP contribution in [0.5, 0.6) is 5.75 Å². The number of aromatic amines is 1. The minimum absolute atomic E-state index is 0.0566. The van der Waals surface area contributed by atoms with Crippen LogP contribution in [0.15, 0.2) is 48.5 Å². The van der Waals surface area contributed by atoms with Gasteiger partial charge >= 0.3 is 0 Å². The number of aryl methyl sites for hydroxylation is 1. The first-order valence-corrected chi connectivity index (χ1v) is 9.10. The number of amides is 1. The van der Waals surface area contributed by atoms with Crippen LogP contribution in [-0.2, 0) is 17.9 Å². The van der Waals surface area contributed by atoms with Gasteiger partial charge in [0.15, 0.2) is 10.6 Å². The Morgan fingerprint density at radius 1 is 1.22 bits per heavy atom. The highest BCUT2D eigenvalue weighted by Gasteiger charge is 2.11. The van der Waals surface area contributed by atoms with Gasteiger partial charge in [0, 0.05) is 30.6 Å². The molecule has 2 aromatic carbocycles. The molecule has 6 nitrogen and oxygen atoms in total. The van der Waals surface area contributed by atoms with E-state index in [2.05, 4.69) is 15.5 Å². The lowest BCUT2D eigenvalue weighted by atomic mass is 10.1. The van der Waals surface area contributed by atoms with Crippen LogP contribution in [0.2, 0.25) is 0 Å². The molecule has 0 unspecified atom stereocenters. The normalized spacial score (nSPS) is 10.6. The molecule has 140 valence electrons. The number of rotatable bonds is 7. The van der Waals surface area contributed by atoms with Crippen molar-refractivity contribution in [3.05, 3.63) is 64.4 Å². The third-order valence-corrected chi connectivity index (χ3v) is 4.61. The van der Waals surface area contributed by atoms with Gasteiger partial charge in [0.1, 0.15) is 5.75 Å². The molecular weight excluding hydrogens is 360 g/mol. The number of hydrogen-bond acceptors (Lipinski definition) is 4. The fourth-order valence-corrected chi connectivity index (χ4v) is 3.02. The molecule has 0 aliphatic heterocycles. The number of H-pyrrole nitrogens is 1. The third kappa shape index (κ3) is 4.62. The predicted molar refractivity (Wildman–Crippen MR) is 107 cm³/mol. The monoisotopic (exact) mass is 382 g/mol. The molecule has 0 radical (unpaired) electrons. The van der Waals surface area contributed by atoms with Gasteiger partial charge in [-0.2, -0.15) is 5.10 Å². The number of para-hydroxylation sites is 1. The fraction of sp³-hybridized carbons (Fsp3) is 0.250. The summed E-state index contributed by atoms with van der Waals surface area (Å²) in [5.41, 5.74) is 3.08. The highest BCUT2D eigenvalue weighted by Crippen LogP contribution is 2.19. The molecule has 0 bridgehead atoms. The van der Waals surface area contributed by atoms with Crippen molar-refractivity contribution in [2.75, 3.05) is 7.11 Å². The van der Waals surface area contributed by atoms with E-state index in [9.17, 15) is 4.79 Å². The van der Waals surface area contributed by atoms with E-state index in [1.54, 1.807) is 7.11 Å². The summed E-state index contributed by atoms with van der Waals surface area (Å²) in [4.78, 5) is 12.3. The molecule has 1 aromatic heterocycles. The van der Waals surface area contributed by atoms with E-state index >= 15 is 0 Å². The first kappa shape index (κ1) is 18.8. The smallest absolute Gasteiger partial charge is 0.222 e. The summed E-state index contributed by atoms with van der Waals surface area (Å²) >= 11 is 5.32. The summed E-state index contributed by atoms with van der Waals surface area (Å²) in [6, 6.07) is 15.7. The molecule has 2 N–H and O–H groups in total. The number of benzene rings is 2. The highest BCUT2D eigenvalue weighted by molar-refractivity contribution is 7.71. The summed E-state index contributed by atoms with van der Waals surface area (Å²) in [5.74, 6) is 1.44. The summed E-state index contributed by atoms with van der Waals surface area (Å²) in [7, 11) is 1.62. The van der Waals surface area contributed by atoms with Crippen molar-refractivity contribution in [2.24, 2.45) is 0 Å². The molecule has 1 amide bonds. The maximum Gasteiger partial charge on any atom is 0.222 e. The van der Waals surface area contributed by atoms with E-state index < -0.39 is 0 Å². The molecule has 7 heteroatoms. The zero-order valence-electron chi connectivity index (χ0n) is 15.4. The Labute approximate surface area is 163 Å². The van der Waals surface area contributed by atoms with Crippen molar-refractivity contribution < 1.29 is 9.53 Å². The van der Waals surface area contributed by atoms with Crippen molar-refractivity contribution >= 4 is 18.1 Å². The largest absolute Gasteiger partial charge is 0.496 e. The van der Waals surface area contributed by atoms with Gasteiger partial charge in [-0.1, -0.05) is 48.0 Å². The summed E-state index contributed by atoms with van der Waals surface area (Å²) in [6.07, 6.45) is 0.307. The molecule has 27 heavy (non-hydrogen) atoms. The Kier molecular flexibility index (Phi) is 6.03. The minimum atomic E-state index is -0.0566. The summed E-state index contributed by atoms with van der Waals surface area (Å²) < 4.78 is 7.66. The summed E-state index contributed by atoms with van der Waals surface area (Å²) in [5, 5.41) is 10.0. The molecule has 3 aromatic rings. The van der Waals surface area contributed by atoms with E-state index in [0.717, 1.165) is 22.7 Å². The number of carbonyl (C=O) groups is 1. The first-order chi connectivity index (χ1) is 13.1. The van der Waals surface area contributed by atoms with Crippen LogP contribution in [0.25, 0.3) is 11.4 Å². The Bertz CT molecular complexity index is 976. The molecule has 0 atom stereocenters. The average molecular weight is 382 g/mol. The lowest BCUT2D eigenvalue weighted by Crippen LogP contribution is -2.24. The Morgan fingerprint density at radius 3 is 2.70 bits per heavy atom. The van der Waals surface area contributed by atoms with Crippen LogP contribution in [0, 0.1) is 11.7 Å². The second-order valence-electron chi connectivity index (χ2n) is 6.21. The molecule has 1 heterocycles. The molecule has 0 aliphatic carbocycles. The second-order valence-corrected chi connectivity index (χ2v) is 6.60. The average Bonchev–Trinajstić information content (AvgIpc) is 3.06. The van der Waals surface area contributed by atoms with Crippen molar-refractivity contribution in [2.45, 2.75) is 26.4 Å². The van der Waals surface area contributed by atoms with Gasteiger partial charge in [-0.15, -0.1) is 0 Å². The molecular formula is C20H22N4O2S. The standard InChI is InChI=1S/C20H22N4O2S/c1-14-7-9-15(10-8-14)19-22-23-20(27)24(19)12-11-18(25)21-13-16-5-3-4-6-17(16)26-2/h3-10H,11-13H2,1-2H3,(H,21,25)(H,23,27). The topological polar surface area (TPSA) is 71.9 Å². The van der Waals surface area contributed by atoms with Crippen molar-refractivity contribution in [1.29, 1.82) is 0 Å². The van der Waals surface area contributed by atoms with Crippen LogP contribution >= 0.6 is 12.2 Å². The first-order valence-electron chi connectivity index (χ1n) is 8.69. The lowest BCUT2D eigenvalue weighted by molar-refractivity contribution is -0.121. The Morgan fingerprint density at radius 2 is 1.96 bits per heavy atom. The van der Waals surface area contributed by atoms with Gasteiger partial charge in [-0.25, -0.2) is 0 Å². The van der Waals surface area contributed by atoms with E-state index in [-0.39, 0.29) is 5.91 Å². The predicted octanol–water partition coefficient (Wildman–Crippen LogP) is 3.63.